The van der Waals surface area contributed by atoms with Gasteiger partial charge in [0.2, 0.25) is 5.82 Å². The van der Waals surface area contributed by atoms with Crippen molar-refractivity contribution >= 4 is 23.1 Å². The Morgan fingerprint density at radius 1 is 1.30 bits per heavy atom. The fourth-order valence-electron chi connectivity index (χ4n) is 1.73. The number of nitrogens with one attached hydrogen (secondary N) is 1. The van der Waals surface area contributed by atoms with E-state index in [0.29, 0.717) is 6.54 Å². The molecule has 0 radical (unpaired) electrons. The number of pyridine rings is 1. The minimum Gasteiger partial charge on any atom is -0.392 e. The summed E-state index contributed by atoms with van der Waals surface area (Å²) in [5, 5.41) is 23.0. The number of hydrogen-bond donors (Lipinski definition) is 2. The zero-order valence-corrected chi connectivity index (χ0v) is 11.2. The van der Waals surface area contributed by atoms with Gasteiger partial charge in [-0.25, -0.2) is 4.98 Å². The predicted molar refractivity (Wildman–Crippen MR) is 75.6 cm³/mol. The summed E-state index contributed by atoms with van der Waals surface area (Å²) < 4.78 is 0. The SMILES string of the molecule is O=[N+]([O-])c1ccc(Cl)nc1NCc1cccc(CO)c1. The second kappa shape index (κ2) is 6.31. The molecule has 2 N–H and O–H groups in total. The highest BCUT2D eigenvalue weighted by Crippen LogP contribution is 2.24. The van der Waals surface area contributed by atoms with E-state index in [2.05, 4.69) is 10.3 Å². The second-order valence-electron chi connectivity index (χ2n) is 4.09. The number of nitrogens with zero attached hydrogens (tertiary/aromatic N) is 2. The molecule has 7 heteroatoms. The summed E-state index contributed by atoms with van der Waals surface area (Å²) in [6.45, 7) is 0.297. The van der Waals surface area contributed by atoms with Gasteiger partial charge in [0.1, 0.15) is 5.15 Å². The normalized spacial score (nSPS) is 10.3. The van der Waals surface area contributed by atoms with Crippen molar-refractivity contribution < 1.29 is 10.0 Å². The molecule has 0 saturated carbocycles. The monoisotopic (exact) mass is 293 g/mol. The Morgan fingerprint density at radius 3 is 2.75 bits per heavy atom. The van der Waals surface area contributed by atoms with Crippen LogP contribution in [0, 0.1) is 10.1 Å². The summed E-state index contributed by atoms with van der Waals surface area (Å²) in [6.07, 6.45) is 0. The quantitative estimate of drug-likeness (QED) is 0.503. The van der Waals surface area contributed by atoms with Gasteiger partial charge < -0.3 is 10.4 Å². The van der Waals surface area contributed by atoms with Crippen molar-refractivity contribution in [3.63, 3.8) is 0 Å². The van der Waals surface area contributed by atoms with Crippen LogP contribution in [0.15, 0.2) is 36.4 Å². The molecular weight excluding hydrogens is 282 g/mol. The van der Waals surface area contributed by atoms with Crippen molar-refractivity contribution in [1.82, 2.24) is 4.98 Å². The molecule has 2 aromatic rings. The molecule has 0 fully saturated rings. The predicted octanol–water partition coefficient (Wildman–Crippen LogP) is 2.75. The fourth-order valence-corrected chi connectivity index (χ4v) is 1.88. The van der Waals surface area contributed by atoms with Crippen LogP contribution in [0.4, 0.5) is 11.5 Å². The molecule has 0 atom stereocenters. The van der Waals surface area contributed by atoms with Crippen LogP contribution in [0.5, 0.6) is 0 Å². The van der Waals surface area contributed by atoms with E-state index in [0.717, 1.165) is 11.1 Å². The molecular formula is C13H12ClN3O3. The lowest BCUT2D eigenvalue weighted by atomic mass is 10.1. The maximum atomic E-state index is 10.9. The number of aromatic nitrogens is 1. The highest BCUT2D eigenvalue weighted by atomic mass is 35.5. The first-order valence-corrected chi connectivity index (χ1v) is 6.21. The van der Waals surface area contributed by atoms with Gasteiger partial charge in [0.15, 0.2) is 0 Å². The number of nitro groups is 1. The van der Waals surface area contributed by atoms with E-state index in [-0.39, 0.29) is 23.3 Å². The highest BCUT2D eigenvalue weighted by Gasteiger charge is 2.15. The molecule has 0 aliphatic rings. The molecule has 2 rings (SSSR count). The van der Waals surface area contributed by atoms with E-state index in [9.17, 15) is 10.1 Å². The van der Waals surface area contributed by atoms with Crippen molar-refractivity contribution in [3.05, 3.63) is 62.8 Å². The third-order valence-corrected chi connectivity index (χ3v) is 2.88. The fraction of sp³-hybridized carbons (Fsp3) is 0.154. The molecule has 0 unspecified atom stereocenters. The van der Waals surface area contributed by atoms with E-state index in [1.165, 1.54) is 12.1 Å². The van der Waals surface area contributed by atoms with Gasteiger partial charge >= 0.3 is 5.69 Å². The van der Waals surface area contributed by atoms with Crippen molar-refractivity contribution in [2.45, 2.75) is 13.2 Å². The van der Waals surface area contributed by atoms with Crippen LogP contribution in [0.2, 0.25) is 5.15 Å². The summed E-state index contributed by atoms with van der Waals surface area (Å²) in [5.74, 6) is 0.122. The largest absolute Gasteiger partial charge is 0.392 e. The molecule has 1 heterocycles. The highest BCUT2D eigenvalue weighted by molar-refractivity contribution is 6.29. The number of aliphatic hydroxyl groups excluding tert-OH is 1. The van der Waals surface area contributed by atoms with E-state index in [4.69, 9.17) is 16.7 Å². The molecule has 1 aromatic carbocycles. The Kier molecular flexibility index (Phi) is 4.49. The van der Waals surface area contributed by atoms with Gasteiger partial charge in [0, 0.05) is 12.6 Å². The number of benzene rings is 1. The van der Waals surface area contributed by atoms with Crippen LogP contribution >= 0.6 is 11.6 Å². The Morgan fingerprint density at radius 2 is 2.05 bits per heavy atom. The zero-order valence-electron chi connectivity index (χ0n) is 10.4. The third kappa shape index (κ3) is 3.43. The molecule has 0 bridgehead atoms. The van der Waals surface area contributed by atoms with Gasteiger partial charge in [-0.05, 0) is 17.2 Å². The maximum Gasteiger partial charge on any atom is 0.311 e. The Hall–Kier alpha value is -2.18. The van der Waals surface area contributed by atoms with Crippen molar-refractivity contribution in [3.8, 4) is 0 Å². The summed E-state index contributed by atoms with van der Waals surface area (Å²) in [6, 6.07) is 9.94. The van der Waals surface area contributed by atoms with E-state index < -0.39 is 4.92 Å². The van der Waals surface area contributed by atoms with Crippen LogP contribution in [0.25, 0.3) is 0 Å². The van der Waals surface area contributed by atoms with Crippen LogP contribution in [0.3, 0.4) is 0 Å². The lowest BCUT2D eigenvalue weighted by Gasteiger charge is -2.07. The molecule has 0 aliphatic heterocycles. The first kappa shape index (κ1) is 14.2. The van der Waals surface area contributed by atoms with Gasteiger partial charge in [-0.3, -0.25) is 10.1 Å². The molecule has 6 nitrogen and oxygen atoms in total. The summed E-state index contributed by atoms with van der Waals surface area (Å²) in [5.41, 5.74) is 1.53. The van der Waals surface area contributed by atoms with Crippen molar-refractivity contribution in [2.24, 2.45) is 0 Å². The minimum absolute atomic E-state index is 0.0522. The minimum atomic E-state index is -0.518. The number of rotatable bonds is 5. The summed E-state index contributed by atoms with van der Waals surface area (Å²) in [7, 11) is 0. The van der Waals surface area contributed by atoms with Crippen LogP contribution in [-0.2, 0) is 13.2 Å². The molecule has 104 valence electrons. The second-order valence-corrected chi connectivity index (χ2v) is 4.48. The molecule has 1 aromatic heterocycles. The zero-order chi connectivity index (χ0) is 14.5. The average molecular weight is 294 g/mol. The first-order valence-electron chi connectivity index (χ1n) is 5.83. The third-order valence-electron chi connectivity index (χ3n) is 2.67. The van der Waals surface area contributed by atoms with Crippen LogP contribution < -0.4 is 5.32 Å². The van der Waals surface area contributed by atoms with Gasteiger partial charge in [0.25, 0.3) is 0 Å². The molecule has 0 amide bonds. The Labute approximate surface area is 120 Å². The maximum absolute atomic E-state index is 10.9. The van der Waals surface area contributed by atoms with Crippen molar-refractivity contribution in [2.75, 3.05) is 5.32 Å². The smallest absolute Gasteiger partial charge is 0.311 e. The first-order chi connectivity index (χ1) is 9.60. The van der Waals surface area contributed by atoms with Crippen molar-refractivity contribution in [1.29, 1.82) is 0 Å². The lowest BCUT2D eigenvalue weighted by Crippen LogP contribution is -2.05. The standard InChI is InChI=1S/C13H12ClN3O3/c14-12-5-4-11(17(19)20)13(16-12)15-7-9-2-1-3-10(6-9)8-18/h1-6,18H,7-8H2,(H,15,16). The van der Waals surface area contributed by atoms with E-state index in [1.54, 1.807) is 6.07 Å². The number of halogens is 1. The van der Waals surface area contributed by atoms with E-state index >= 15 is 0 Å². The lowest BCUT2D eigenvalue weighted by molar-refractivity contribution is -0.384. The van der Waals surface area contributed by atoms with Gasteiger partial charge in [-0.1, -0.05) is 35.9 Å². The Balaban J connectivity index is 2.17. The number of hydrogen-bond acceptors (Lipinski definition) is 5. The van der Waals surface area contributed by atoms with Gasteiger partial charge in [-0.2, -0.15) is 0 Å². The topological polar surface area (TPSA) is 88.3 Å². The summed E-state index contributed by atoms with van der Waals surface area (Å²) >= 11 is 5.74. The average Bonchev–Trinajstić information content (AvgIpc) is 2.45. The van der Waals surface area contributed by atoms with Crippen LogP contribution in [0.1, 0.15) is 11.1 Å². The van der Waals surface area contributed by atoms with E-state index in [1.807, 2.05) is 18.2 Å². The molecule has 0 aliphatic carbocycles. The van der Waals surface area contributed by atoms with Gasteiger partial charge in [0.05, 0.1) is 11.5 Å². The van der Waals surface area contributed by atoms with Crippen LogP contribution in [-0.4, -0.2) is 15.0 Å². The molecule has 20 heavy (non-hydrogen) atoms. The molecule has 0 saturated heterocycles. The number of aliphatic hydroxyl groups is 1. The number of anilines is 1. The Bertz CT molecular complexity index is 634. The molecule has 0 spiro atoms. The summed E-state index contributed by atoms with van der Waals surface area (Å²) in [4.78, 5) is 14.3. The van der Waals surface area contributed by atoms with Gasteiger partial charge in [-0.15, -0.1) is 0 Å².